The van der Waals surface area contributed by atoms with Crippen molar-refractivity contribution in [1.82, 2.24) is 19.9 Å². The highest BCUT2D eigenvalue weighted by atomic mass is 19.1. The number of nitrogens with one attached hydrogen (secondary N) is 2. The van der Waals surface area contributed by atoms with Gasteiger partial charge in [-0.05, 0) is 74.1 Å². The van der Waals surface area contributed by atoms with Crippen molar-refractivity contribution in [3.63, 3.8) is 0 Å². The van der Waals surface area contributed by atoms with Crippen molar-refractivity contribution in [2.24, 2.45) is 0 Å². The summed E-state index contributed by atoms with van der Waals surface area (Å²) in [5.74, 6) is -0.542. The zero-order valence-corrected chi connectivity index (χ0v) is 19.5. The maximum absolute atomic E-state index is 13.5. The number of amides is 1. The van der Waals surface area contributed by atoms with Gasteiger partial charge in [0.1, 0.15) is 23.1 Å². The van der Waals surface area contributed by atoms with E-state index in [1.807, 2.05) is 0 Å². The molecule has 184 valence electrons. The summed E-state index contributed by atoms with van der Waals surface area (Å²) in [6, 6.07) is 12.3. The van der Waals surface area contributed by atoms with E-state index < -0.39 is 23.3 Å². The first-order valence-corrected chi connectivity index (χ1v) is 11.1. The number of nitrogens with zero attached hydrogens (tertiary/aromatic N) is 3. The van der Waals surface area contributed by atoms with Crippen LogP contribution in [-0.2, 0) is 11.3 Å². The fourth-order valence-corrected chi connectivity index (χ4v) is 3.36. The normalized spacial score (nSPS) is 11.7. The number of hydrogen-bond acceptors (Lipinski definition) is 6. The van der Waals surface area contributed by atoms with Crippen LogP contribution in [0.1, 0.15) is 12.5 Å². The van der Waals surface area contributed by atoms with E-state index in [9.17, 15) is 18.4 Å². The monoisotopic (exact) mass is 491 g/mol. The molecule has 4 rings (SSSR count). The van der Waals surface area contributed by atoms with Crippen molar-refractivity contribution >= 4 is 11.7 Å². The highest BCUT2D eigenvalue weighted by molar-refractivity contribution is 5.93. The second-order valence-corrected chi connectivity index (χ2v) is 7.97. The van der Waals surface area contributed by atoms with Crippen molar-refractivity contribution in [3.8, 4) is 22.8 Å². The average molecular weight is 491 g/mol. The number of benzene rings is 2. The molecule has 8 nitrogen and oxygen atoms in total. The molecule has 36 heavy (non-hydrogen) atoms. The molecule has 1 atom stereocenters. The Kier molecular flexibility index (Phi) is 7.45. The van der Waals surface area contributed by atoms with Gasteiger partial charge in [-0.2, -0.15) is 0 Å². The molecule has 2 heterocycles. The number of likely N-dealkylation sites (N-methyl/N-ethyl adjacent to an activating group) is 1. The molecule has 10 heteroatoms. The molecule has 0 bridgehead atoms. The minimum Gasteiger partial charge on any atom is -0.456 e. The fraction of sp³-hybridized carbons (Fsp3) is 0.154. The van der Waals surface area contributed by atoms with Crippen LogP contribution in [0, 0.1) is 11.6 Å². The largest absolute Gasteiger partial charge is 0.456 e. The Bertz CT molecular complexity index is 1420. The van der Waals surface area contributed by atoms with Gasteiger partial charge >= 0.3 is 0 Å². The number of carbonyl (C=O) groups excluding carboxylic acids is 1. The van der Waals surface area contributed by atoms with Gasteiger partial charge in [-0.1, -0.05) is 0 Å². The Balaban J connectivity index is 1.70. The maximum atomic E-state index is 13.5. The van der Waals surface area contributed by atoms with E-state index in [0.717, 1.165) is 0 Å². The number of ether oxygens (including phenoxy) is 1. The summed E-state index contributed by atoms with van der Waals surface area (Å²) in [5.41, 5.74) is 1.06. The fourth-order valence-electron chi connectivity index (χ4n) is 3.36. The topological polar surface area (TPSA) is 98.1 Å². The van der Waals surface area contributed by atoms with Gasteiger partial charge in [0, 0.05) is 11.8 Å². The van der Waals surface area contributed by atoms with Gasteiger partial charge in [-0.3, -0.25) is 19.1 Å². The highest BCUT2D eigenvalue weighted by Gasteiger charge is 2.17. The molecular weight excluding hydrogens is 468 g/mol. The Labute approximate surface area is 205 Å². The maximum Gasteiger partial charge on any atom is 0.294 e. The SMILES string of the molecule is CNC(C)C(=O)Nc1ncc(-c2ccc(F)cc2)n(Cc2cncc(Oc3ccc(F)cc3)c2)c1=O. The number of anilines is 1. The van der Waals surface area contributed by atoms with E-state index in [-0.39, 0.29) is 18.2 Å². The lowest BCUT2D eigenvalue weighted by Gasteiger charge is -2.16. The Morgan fingerprint density at radius 2 is 1.67 bits per heavy atom. The molecule has 4 aromatic rings. The molecule has 0 fully saturated rings. The summed E-state index contributed by atoms with van der Waals surface area (Å²) in [5, 5.41) is 5.35. The minimum absolute atomic E-state index is 0.0616. The number of carbonyl (C=O) groups is 1. The molecule has 0 radical (unpaired) electrons. The van der Waals surface area contributed by atoms with Crippen molar-refractivity contribution in [2.45, 2.75) is 19.5 Å². The molecule has 1 amide bonds. The second-order valence-electron chi connectivity index (χ2n) is 7.97. The first kappa shape index (κ1) is 24.7. The van der Waals surface area contributed by atoms with Crippen LogP contribution in [0.15, 0.2) is 78.0 Å². The van der Waals surface area contributed by atoms with E-state index in [2.05, 4.69) is 20.6 Å². The third-order valence-electron chi connectivity index (χ3n) is 5.42. The van der Waals surface area contributed by atoms with E-state index in [1.54, 1.807) is 26.2 Å². The summed E-state index contributed by atoms with van der Waals surface area (Å²) < 4.78 is 33.9. The van der Waals surface area contributed by atoms with Crippen LogP contribution in [0.25, 0.3) is 11.3 Å². The average Bonchev–Trinajstić information content (AvgIpc) is 2.88. The molecule has 0 aliphatic rings. The predicted octanol–water partition coefficient (Wildman–Crippen LogP) is 3.97. The lowest BCUT2D eigenvalue weighted by atomic mass is 10.1. The molecule has 0 aliphatic carbocycles. The highest BCUT2D eigenvalue weighted by Crippen LogP contribution is 2.24. The van der Waals surface area contributed by atoms with Crippen molar-refractivity contribution in [3.05, 3.63) is 101 Å². The zero-order valence-electron chi connectivity index (χ0n) is 19.5. The number of rotatable bonds is 8. The van der Waals surface area contributed by atoms with E-state index in [1.165, 1.54) is 65.5 Å². The standard InChI is InChI=1S/C26H23F2N5O3/c1-16(29-2)25(34)32-24-26(35)33(23(14-31-24)18-3-5-19(27)6-4-18)15-17-11-22(13-30-12-17)36-21-9-7-20(28)8-10-21/h3-14,16,29H,15H2,1-2H3,(H,31,32,34). The van der Waals surface area contributed by atoms with E-state index >= 15 is 0 Å². The summed E-state index contributed by atoms with van der Waals surface area (Å²) in [7, 11) is 1.63. The van der Waals surface area contributed by atoms with Gasteiger partial charge in [0.05, 0.1) is 30.7 Å². The Morgan fingerprint density at radius 3 is 2.33 bits per heavy atom. The molecular formula is C26H23F2N5O3. The van der Waals surface area contributed by atoms with Gasteiger partial charge in [0.25, 0.3) is 5.56 Å². The van der Waals surface area contributed by atoms with Gasteiger partial charge in [-0.25, -0.2) is 13.8 Å². The van der Waals surface area contributed by atoms with Crippen LogP contribution in [0.2, 0.25) is 0 Å². The first-order valence-electron chi connectivity index (χ1n) is 11.1. The molecule has 1 unspecified atom stereocenters. The molecule has 0 spiro atoms. The van der Waals surface area contributed by atoms with Crippen LogP contribution < -0.4 is 20.9 Å². The molecule has 2 N–H and O–H groups in total. The Morgan fingerprint density at radius 1 is 1.00 bits per heavy atom. The number of hydrogen-bond donors (Lipinski definition) is 2. The van der Waals surface area contributed by atoms with Crippen LogP contribution in [-0.4, -0.2) is 33.5 Å². The van der Waals surface area contributed by atoms with E-state index in [4.69, 9.17) is 4.74 Å². The molecule has 0 saturated carbocycles. The van der Waals surface area contributed by atoms with Crippen LogP contribution in [0.4, 0.5) is 14.6 Å². The number of halogens is 2. The van der Waals surface area contributed by atoms with Crippen LogP contribution >= 0.6 is 0 Å². The van der Waals surface area contributed by atoms with Crippen molar-refractivity contribution in [1.29, 1.82) is 0 Å². The van der Waals surface area contributed by atoms with Gasteiger partial charge < -0.3 is 15.4 Å². The minimum atomic E-state index is -0.543. The summed E-state index contributed by atoms with van der Waals surface area (Å²) in [4.78, 5) is 34.1. The zero-order chi connectivity index (χ0) is 25.7. The Hall–Kier alpha value is -4.44. The first-order chi connectivity index (χ1) is 17.3. The van der Waals surface area contributed by atoms with E-state index in [0.29, 0.717) is 28.3 Å². The third kappa shape index (κ3) is 5.78. The predicted molar refractivity (Wildman–Crippen MR) is 131 cm³/mol. The second kappa shape index (κ2) is 10.9. The summed E-state index contributed by atoms with van der Waals surface area (Å²) >= 11 is 0. The molecule has 2 aromatic heterocycles. The lowest BCUT2D eigenvalue weighted by molar-refractivity contribution is -0.117. The third-order valence-corrected chi connectivity index (χ3v) is 5.42. The van der Waals surface area contributed by atoms with Crippen molar-refractivity contribution in [2.75, 3.05) is 12.4 Å². The number of aromatic nitrogens is 3. The van der Waals surface area contributed by atoms with Gasteiger partial charge in [-0.15, -0.1) is 0 Å². The smallest absolute Gasteiger partial charge is 0.294 e. The van der Waals surface area contributed by atoms with Gasteiger partial charge in [0.2, 0.25) is 5.91 Å². The molecule has 2 aromatic carbocycles. The van der Waals surface area contributed by atoms with Gasteiger partial charge in [0.15, 0.2) is 5.82 Å². The summed E-state index contributed by atoms with van der Waals surface area (Å²) in [6.07, 6.45) is 4.51. The molecule has 0 aliphatic heterocycles. The van der Waals surface area contributed by atoms with Crippen molar-refractivity contribution < 1.29 is 18.3 Å². The quantitative estimate of drug-likeness (QED) is 0.387. The molecule has 0 saturated heterocycles. The van der Waals surface area contributed by atoms with Crippen LogP contribution in [0.3, 0.4) is 0 Å². The number of pyridine rings is 1. The van der Waals surface area contributed by atoms with Crippen LogP contribution in [0.5, 0.6) is 11.5 Å². The lowest BCUT2D eigenvalue weighted by Crippen LogP contribution is -2.38. The summed E-state index contributed by atoms with van der Waals surface area (Å²) in [6.45, 7) is 1.71.